The zero-order valence-corrected chi connectivity index (χ0v) is 10.8. The minimum absolute atomic E-state index is 0.00344. The van der Waals surface area contributed by atoms with Crippen LogP contribution < -0.4 is 15.4 Å². The summed E-state index contributed by atoms with van der Waals surface area (Å²) >= 11 is 0. The Morgan fingerprint density at radius 2 is 2.15 bits per heavy atom. The molecule has 7 heteroatoms. The number of benzene rings is 1. The molecule has 1 unspecified atom stereocenters. The number of aromatic carboxylic acids is 1. The second-order valence-electron chi connectivity index (χ2n) is 4.43. The van der Waals surface area contributed by atoms with Crippen molar-refractivity contribution in [2.24, 2.45) is 5.73 Å². The van der Waals surface area contributed by atoms with Crippen molar-refractivity contribution in [2.75, 3.05) is 11.5 Å². The van der Waals surface area contributed by atoms with Crippen molar-refractivity contribution in [3.63, 3.8) is 0 Å². The number of nitrogens with two attached hydrogens (primary N) is 1. The second kappa shape index (κ2) is 5.20. The number of primary amides is 1. The van der Waals surface area contributed by atoms with E-state index in [0.29, 0.717) is 5.75 Å². The maximum atomic E-state index is 12.1. The summed E-state index contributed by atoms with van der Waals surface area (Å²) in [5.74, 6) is -1.78. The predicted molar refractivity (Wildman–Crippen MR) is 69.7 cm³/mol. The van der Waals surface area contributed by atoms with Crippen LogP contribution in [-0.4, -0.2) is 35.5 Å². The highest BCUT2D eigenvalue weighted by Crippen LogP contribution is 2.33. The van der Waals surface area contributed by atoms with Crippen LogP contribution in [-0.2, 0) is 9.59 Å². The molecule has 2 rings (SSSR count). The van der Waals surface area contributed by atoms with Crippen LogP contribution in [0.4, 0.5) is 5.69 Å². The van der Waals surface area contributed by atoms with Gasteiger partial charge in [0.05, 0.1) is 24.3 Å². The molecule has 7 nitrogen and oxygen atoms in total. The SMILES string of the molecule is CC(C(N)=O)N1C(=O)CCOc2ccc(C(=O)O)cc21. The van der Waals surface area contributed by atoms with Crippen molar-refractivity contribution in [3.8, 4) is 5.75 Å². The van der Waals surface area contributed by atoms with E-state index in [4.69, 9.17) is 15.6 Å². The van der Waals surface area contributed by atoms with Gasteiger partial charge in [-0.2, -0.15) is 0 Å². The predicted octanol–water partition coefficient (Wildman–Crippen LogP) is 0.374. The van der Waals surface area contributed by atoms with E-state index in [1.807, 2.05) is 0 Å². The number of carbonyl (C=O) groups excluding carboxylic acids is 2. The first-order valence-electron chi connectivity index (χ1n) is 6.03. The van der Waals surface area contributed by atoms with Gasteiger partial charge in [-0.05, 0) is 25.1 Å². The number of carboxylic acid groups (broad SMARTS) is 1. The third-order valence-corrected chi connectivity index (χ3v) is 3.11. The van der Waals surface area contributed by atoms with Crippen molar-refractivity contribution < 1.29 is 24.2 Å². The summed E-state index contributed by atoms with van der Waals surface area (Å²) in [7, 11) is 0. The third-order valence-electron chi connectivity index (χ3n) is 3.11. The van der Waals surface area contributed by atoms with Crippen molar-refractivity contribution in [1.29, 1.82) is 0 Å². The first-order valence-corrected chi connectivity index (χ1v) is 6.03. The highest BCUT2D eigenvalue weighted by atomic mass is 16.5. The van der Waals surface area contributed by atoms with Crippen LogP contribution in [0.25, 0.3) is 0 Å². The highest BCUT2D eigenvalue weighted by molar-refractivity contribution is 6.03. The molecule has 0 radical (unpaired) electrons. The minimum Gasteiger partial charge on any atom is -0.491 e. The Kier molecular flexibility index (Phi) is 3.60. The zero-order valence-electron chi connectivity index (χ0n) is 10.8. The number of anilines is 1. The van der Waals surface area contributed by atoms with E-state index in [9.17, 15) is 14.4 Å². The minimum atomic E-state index is -1.13. The van der Waals surface area contributed by atoms with E-state index >= 15 is 0 Å². The average Bonchev–Trinajstić information content (AvgIpc) is 2.55. The largest absolute Gasteiger partial charge is 0.491 e. The fourth-order valence-corrected chi connectivity index (χ4v) is 2.02. The molecule has 0 saturated carbocycles. The van der Waals surface area contributed by atoms with E-state index in [2.05, 4.69) is 0 Å². The fourth-order valence-electron chi connectivity index (χ4n) is 2.02. The van der Waals surface area contributed by atoms with Crippen LogP contribution in [0.3, 0.4) is 0 Å². The van der Waals surface area contributed by atoms with E-state index in [1.54, 1.807) is 0 Å². The molecule has 0 bridgehead atoms. The maximum absolute atomic E-state index is 12.1. The van der Waals surface area contributed by atoms with Gasteiger partial charge in [-0.15, -0.1) is 0 Å². The first kappa shape index (κ1) is 13.9. The third kappa shape index (κ3) is 2.42. The van der Waals surface area contributed by atoms with Gasteiger partial charge in [0.2, 0.25) is 11.8 Å². The van der Waals surface area contributed by atoms with E-state index < -0.39 is 17.9 Å². The number of carbonyl (C=O) groups is 3. The Hall–Kier alpha value is -2.57. The number of ether oxygens (including phenoxy) is 1. The van der Waals surface area contributed by atoms with Crippen LogP contribution in [0.5, 0.6) is 5.75 Å². The Balaban J connectivity index is 2.56. The van der Waals surface area contributed by atoms with Crippen molar-refractivity contribution in [3.05, 3.63) is 23.8 Å². The van der Waals surface area contributed by atoms with Crippen molar-refractivity contribution in [2.45, 2.75) is 19.4 Å². The molecule has 0 spiro atoms. The van der Waals surface area contributed by atoms with E-state index in [1.165, 1.54) is 30.0 Å². The van der Waals surface area contributed by atoms with Crippen LogP contribution >= 0.6 is 0 Å². The van der Waals surface area contributed by atoms with Crippen molar-refractivity contribution >= 4 is 23.5 Å². The molecule has 1 heterocycles. The van der Waals surface area contributed by atoms with E-state index in [-0.39, 0.29) is 30.2 Å². The second-order valence-corrected chi connectivity index (χ2v) is 4.43. The van der Waals surface area contributed by atoms with Gasteiger partial charge in [0.15, 0.2) is 0 Å². The van der Waals surface area contributed by atoms with Crippen LogP contribution in [0.15, 0.2) is 18.2 Å². The smallest absolute Gasteiger partial charge is 0.335 e. The number of hydrogen-bond donors (Lipinski definition) is 2. The van der Waals surface area contributed by atoms with Gasteiger partial charge in [-0.3, -0.25) is 14.5 Å². The standard InChI is InChI=1S/C13H14N2O5/c1-7(12(14)17)15-9-6-8(13(18)19)2-3-10(9)20-5-4-11(15)16/h2-3,6-7H,4-5H2,1H3,(H2,14,17)(H,18,19). The molecule has 1 aliphatic rings. The number of nitrogens with zero attached hydrogens (tertiary/aromatic N) is 1. The number of amides is 2. The highest BCUT2D eigenvalue weighted by Gasteiger charge is 2.30. The lowest BCUT2D eigenvalue weighted by atomic mass is 10.1. The lowest BCUT2D eigenvalue weighted by molar-refractivity contribution is -0.124. The molecule has 1 atom stereocenters. The lowest BCUT2D eigenvalue weighted by Gasteiger charge is -2.26. The molecule has 0 fully saturated rings. The normalized spacial score (nSPS) is 15.8. The Labute approximate surface area is 114 Å². The summed E-state index contributed by atoms with van der Waals surface area (Å²) in [6.07, 6.45) is 0.0920. The van der Waals surface area contributed by atoms with Crippen molar-refractivity contribution in [1.82, 2.24) is 0 Å². The molecule has 106 valence electrons. The molecule has 1 aliphatic heterocycles. The molecule has 0 aliphatic carbocycles. The van der Waals surface area contributed by atoms with E-state index in [0.717, 1.165) is 0 Å². The molecule has 1 aromatic rings. The van der Waals surface area contributed by atoms with Crippen LogP contribution in [0.2, 0.25) is 0 Å². The van der Waals surface area contributed by atoms with Crippen LogP contribution in [0.1, 0.15) is 23.7 Å². The number of hydrogen-bond acceptors (Lipinski definition) is 4. The summed E-state index contributed by atoms with van der Waals surface area (Å²) in [5, 5.41) is 9.02. The van der Waals surface area contributed by atoms with Gasteiger partial charge in [0.1, 0.15) is 11.8 Å². The van der Waals surface area contributed by atoms with Gasteiger partial charge in [0.25, 0.3) is 0 Å². The summed E-state index contributed by atoms with van der Waals surface area (Å²) in [4.78, 5) is 35.7. The summed E-state index contributed by atoms with van der Waals surface area (Å²) in [6, 6.07) is 3.27. The van der Waals surface area contributed by atoms with Gasteiger partial charge in [-0.1, -0.05) is 0 Å². The zero-order chi connectivity index (χ0) is 14.9. The molecule has 20 heavy (non-hydrogen) atoms. The molecular formula is C13H14N2O5. The Morgan fingerprint density at radius 3 is 2.75 bits per heavy atom. The summed E-state index contributed by atoms with van der Waals surface area (Å²) in [6.45, 7) is 1.66. The monoisotopic (exact) mass is 278 g/mol. The van der Waals surface area contributed by atoms with Crippen LogP contribution in [0, 0.1) is 0 Å². The van der Waals surface area contributed by atoms with Gasteiger partial charge in [0, 0.05) is 0 Å². The summed E-state index contributed by atoms with van der Waals surface area (Å²) in [5.41, 5.74) is 5.50. The first-order chi connectivity index (χ1) is 9.41. The molecular weight excluding hydrogens is 264 g/mol. The molecule has 0 saturated heterocycles. The van der Waals surface area contributed by atoms with Gasteiger partial charge < -0.3 is 15.6 Å². The summed E-state index contributed by atoms with van der Waals surface area (Å²) < 4.78 is 5.41. The Morgan fingerprint density at radius 1 is 1.45 bits per heavy atom. The van der Waals surface area contributed by atoms with Gasteiger partial charge >= 0.3 is 5.97 Å². The molecule has 0 aromatic heterocycles. The molecule has 2 amide bonds. The topological polar surface area (TPSA) is 110 Å². The number of fused-ring (bicyclic) bond motifs is 1. The fraction of sp³-hybridized carbons (Fsp3) is 0.308. The maximum Gasteiger partial charge on any atom is 0.335 e. The molecule has 3 N–H and O–H groups in total. The number of rotatable bonds is 3. The number of carboxylic acids is 1. The average molecular weight is 278 g/mol. The molecule has 1 aromatic carbocycles. The Bertz CT molecular complexity index is 584. The lowest BCUT2D eigenvalue weighted by Crippen LogP contribution is -2.46. The van der Waals surface area contributed by atoms with Gasteiger partial charge in [-0.25, -0.2) is 4.79 Å². The quantitative estimate of drug-likeness (QED) is 0.830.